The zero-order valence-corrected chi connectivity index (χ0v) is 10.3. The molecular formula is C15H21N. The predicted octanol–water partition coefficient (Wildman–Crippen LogP) is 3.27. The lowest BCUT2D eigenvalue weighted by atomic mass is 9.89. The van der Waals surface area contributed by atoms with Gasteiger partial charge >= 0.3 is 0 Å². The van der Waals surface area contributed by atoms with Crippen LogP contribution < -0.4 is 5.32 Å². The lowest BCUT2D eigenvalue weighted by Gasteiger charge is -2.25. The van der Waals surface area contributed by atoms with Crippen LogP contribution in [0.3, 0.4) is 0 Å². The molecule has 1 heteroatoms. The number of fused-ring (bicyclic) bond motifs is 1. The van der Waals surface area contributed by atoms with Gasteiger partial charge in [0.05, 0.1) is 0 Å². The summed E-state index contributed by atoms with van der Waals surface area (Å²) in [6, 6.07) is 9.27. The fraction of sp³-hybridized carbons (Fsp3) is 0.467. The van der Waals surface area contributed by atoms with E-state index in [9.17, 15) is 0 Å². The van der Waals surface area contributed by atoms with Gasteiger partial charge in [0.15, 0.2) is 0 Å². The Morgan fingerprint density at radius 1 is 1.50 bits per heavy atom. The van der Waals surface area contributed by atoms with Crippen LogP contribution >= 0.6 is 0 Å². The van der Waals surface area contributed by atoms with Crippen molar-refractivity contribution >= 4 is 0 Å². The molecule has 0 saturated heterocycles. The lowest BCUT2D eigenvalue weighted by molar-refractivity contribution is 0.487. The maximum Gasteiger partial charge on any atom is 0.0343 e. The van der Waals surface area contributed by atoms with E-state index in [-0.39, 0.29) is 0 Å². The van der Waals surface area contributed by atoms with Crippen molar-refractivity contribution < 1.29 is 0 Å². The molecule has 86 valence electrons. The Hall–Kier alpha value is -1.08. The molecule has 2 rings (SSSR count). The second kappa shape index (κ2) is 4.84. The van der Waals surface area contributed by atoms with Crippen molar-refractivity contribution in [2.75, 3.05) is 6.54 Å². The third-order valence-electron chi connectivity index (χ3n) is 3.54. The summed E-state index contributed by atoms with van der Waals surface area (Å²) in [4.78, 5) is 0. The summed E-state index contributed by atoms with van der Waals surface area (Å²) in [6.07, 6.45) is 2.47. The fourth-order valence-corrected chi connectivity index (χ4v) is 2.82. The standard InChI is InChI=1S/C15H21N/c1-4-16-15(11(2)3)14-10-9-12-7-5-6-8-13(12)14/h5-8,14-16H,2,4,9-10H2,1,3H3. The zero-order valence-electron chi connectivity index (χ0n) is 10.3. The van der Waals surface area contributed by atoms with Crippen molar-refractivity contribution in [1.29, 1.82) is 0 Å². The number of rotatable bonds is 4. The maximum atomic E-state index is 4.13. The molecule has 1 N–H and O–H groups in total. The summed E-state index contributed by atoms with van der Waals surface area (Å²) >= 11 is 0. The van der Waals surface area contributed by atoms with E-state index in [1.54, 1.807) is 0 Å². The molecule has 16 heavy (non-hydrogen) atoms. The first-order chi connectivity index (χ1) is 7.74. The molecule has 0 aromatic heterocycles. The first-order valence-electron chi connectivity index (χ1n) is 6.20. The van der Waals surface area contributed by atoms with Gasteiger partial charge < -0.3 is 5.32 Å². The van der Waals surface area contributed by atoms with Gasteiger partial charge in [0.25, 0.3) is 0 Å². The largest absolute Gasteiger partial charge is 0.310 e. The molecule has 1 aromatic carbocycles. The van der Waals surface area contributed by atoms with Crippen LogP contribution in [0.1, 0.15) is 37.3 Å². The highest BCUT2D eigenvalue weighted by Gasteiger charge is 2.29. The molecule has 1 nitrogen and oxygen atoms in total. The Morgan fingerprint density at radius 3 is 2.94 bits per heavy atom. The van der Waals surface area contributed by atoms with E-state index in [4.69, 9.17) is 0 Å². The van der Waals surface area contributed by atoms with E-state index < -0.39 is 0 Å². The van der Waals surface area contributed by atoms with Gasteiger partial charge in [0.1, 0.15) is 0 Å². The minimum absolute atomic E-state index is 0.439. The van der Waals surface area contributed by atoms with Crippen LogP contribution in [0, 0.1) is 0 Å². The molecule has 0 aliphatic heterocycles. The van der Waals surface area contributed by atoms with Gasteiger partial charge in [-0.2, -0.15) is 0 Å². The average molecular weight is 215 g/mol. The molecule has 0 fully saturated rings. The SMILES string of the molecule is C=C(C)C(NCC)C1CCc2ccccc21. The Labute approximate surface area is 98.6 Å². The van der Waals surface area contributed by atoms with Gasteiger partial charge in [0, 0.05) is 12.0 Å². The second-order valence-electron chi connectivity index (χ2n) is 4.73. The van der Waals surface area contributed by atoms with Crippen molar-refractivity contribution in [3.63, 3.8) is 0 Å². The average Bonchev–Trinajstić information content (AvgIpc) is 2.69. The highest BCUT2D eigenvalue weighted by atomic mass is 14.9. The number of benzene rings is 1. The van der Waals surface area contributed by atoms with Crippen LogP contribution in [0.2, 0.25) is 0 Å². The number of nitrogens with one attached hydrogen (secondary N) is 1. The van der Waals surface area contributed by atoms with Crippen LogP contribution in [-0.4, -0.2) is 12.6 Å². The third kappa shape index (κ3) is 2.05. The number of hydrogen-bond acceptors (Lipinski definition) is 1. The van der Waals surface area contributed by atoms with E-state index in [1.807, 2.05) is 0 Å². The molecule has 1 aromatic rings. The van der Waals surface area contributed by atoms with E-state index >= 15 is 0 Å². The van der Waals surface area contributed by atoms with Crippen LogP contribution in [0.15, 0.2) is 36.4 Å². The molecule has 0 spiro atoms. The monoisotopic (exact) mass is 215 g/mol. The van der Waals surface area contributed by atoms with E-state index in [2.05, 4.69) is 50.0 Å². The summed E-state index contributed by atoms with van der Waals surface area (Å²) < 4.78 is 0. The highest BCUT2D eigenvalue weighted by molar-refractivity contribution is 5.37. The van der Waals surface area contributed by atoms with Gasteiger partial charge in [-0.25, -0.2) is 0 Å². The van der Waals surface area contributed by atoms with Crippen molar-refractivity contribution in [2.45, 2.75) is 38.6 Å². The topological polar surface area (TPSA) is 12.0 Å². The van der Waals surface area contributed by atoms with Gasteiger partial charge in [0.2, 0.25) is 0 Å². The van der Waals surface area contributed by atoms with Crippen LogP contribution in [0.25, 0.3) is 0 Å². The Morgan fingerprint density at radius 2 is 2.25 bits per heavy atom. The minimum Gasteiger partial charge on any atom is -0.310 e. The highest BCUT2D eigenvalue weighted by Crippen LogP contribution is 2.36. The lowest BCUT2D eigenvalue weighted by Crippen LogP contribution is -2.34. The van der Waals surface area contributed by atoms with Crippen molar-refractivity contribution in [1.82, 2.24) is 5.32 Å². The van der Waals surface area contributed by atoms with Crippen molar-refractivity contribution in [3.8, 4) is 0 Å². The summed E-state index contributed by atoms with van der Waals surface area (Å²) in [5.74, 6) is 0.619. The third-order valence-corrected chi connectivity index (χ3v) is 3.54. The maximum absolute atomic E-state index is 4.13. The van der Waals surface area contributed by atoms with Gasteiger partial charge in [-0.3, -0.25) is 0 Å². The van der Waals surface area contributed by atoms with Crippen LogP contribution in [-0.2, 0) is 6.42 Å². The predicted molar refractivity (Wildman–Crippen MR) is 69.8 cm³/mol. The van der Waals surface area contributed by atoms with Gasteiger partial charge in [-0.1, -0.05) is 43.3 Å². The van der Waals surface area contributed by atoms with E-state index in [1.165, 1.54) is 29.5 Å². The van der Waals surface area contributed by atoms with E-state index in [0.717, 1.165) is 6.54 Å². The summed E-state index contributed by atoms with van der Waals surface area (Å²) in [5.41, 5.74) is 4.30. The number of hydrogen-bond donors (Lipinski definition) is 1. The van der Waals surface area contributed by atoms with Crippen LogP contribution in [0.5, 0.6) is 0 Å². The summed E-state index contributed by atoms with van der Waals surface area (Å²) in [5, 5.41) is 3.57. The first-order valence-corrected chi connectivity index (χ1v) is 6.20. The van der Waals surface area contributed by atoms with E-state index in [0.29, 0.717) is 12.0 Å². The number of likely N-dealkylation sites (N-methyl/N-ethyl adjacent to an activating group) is 1. The molecule has 2 unspecified atom stereocenters. The van der Waals surface area contributed by atoms with Crippen LogP contribution in [0.4, 0.5) is 0 Å². The zero-order chi connectivity index (χ0) is 11.5. The molecule has 0 amide bonds. The summed E-state index contributed by atoms with van der Waals surface area (Å²) in [6.45, 7) is 9.44. The van der Waals surface area contributed by atoms with Crippen molar-refractivity contribution in [3.05, 3.63) is 47.5 Å². The molecule has 0 heterocycles. The fourth-order valence-electron chi connectivity index (χ4n) is 2.82. The Balaban J connectivity index is 2.25. The first kappa shape index (κ1) is 11.4. The quantitative estimate of drug-likeness (QED) is 0.760. The normalized spacial score (nSPS) is 20.5. The Bertz CT molecular complexity index is 381. The molecule has 0 saturated carbocycles. The van der Waals surface area contributed by atoms with Crippen molar-refractivity contribution in [2.24, 2.45) is 0 Å². The van der Waals surface area contributed by atoms with Gasteiger partial charge in [-0.05, 0) is 37.4 Å². The summed E-state index contributed by atoms with van der Waals surface area (Å²) in [7, 11) is 0. The molecule has 2 atom stereocenters. The second-order valence-corrected chi connectivity index (χ2v) is 4.73. The molecule has 0 bridgehead atoms. The molecule has 1 aliphatic rings. The smallest absolute Gasteiger partial charge is 0.0343 e. The molecular weight excluding hydrogens is 194 g/mol. The minimum atomic E-state index is 0.439. The van der Waals surface area contributed by atoms with Gasteiger partial charge in [-0.15, -0.1) is 0 Å². The molecule has 0 radical (unpaired) electrons. The Kier molecular flexibility index (Phi) is 3.45. The molecule has 1 aliphatic carbocycles. The number of aryl methyl sites for hydroxylation is 1.